The van der Waals surface area contributed by atoms with Gasteiger partial charge in [-0.15, -0.1) is 0 Å². The van der Waals surface area contributed by atoms with Gasteiger partial charge in [-0.1, -0.05) is 11.6 Å². The molecule has 0 aliphatic carbocycles. The Morgan fingerprint density at radius 2 is 2.16 bits per heavy atom. The molecular weight excluding hydrogens is 348 g/mol. The summed E-state index contributed by atoms with van der Waals surface area (Å²) in [5.74, 6) is 2.32. The summed E-state index contributed by atoms with van der Waals surface area (Å²) >= 11 is 11.2. The second-order valence-electron chi connectivity index (χ2n) is 4.33. The summed E-state index contributed by atoms with van der Waals surface area (Å²) in [6, 6.07) is 5.20. The van der Waals surface area contributed by atoms with Crippen LogP contribution in [0.3, 0.4) is 0 Å². The van der Waals surface area contributed by atoms with Crippen LogP contribution in [-0.2, 0) is 0 Å². The van der Waals surface area contributed by atoms with E-state index in [1.165, 1.54) is 11.5 Å². The van der Waals surface area contributed by atoms with E-state index in [1.807, 2.05) is 11.8 Å². The molecule has 1 fully saturated rings. The summed E-state index contributed by atoms with van der Waals surface area (Å²) < 4.78 is 0.729. The van der Waals surface area contributed by atoms with Gasteiger partial charge >= 0.3 is 0 Å². The number of thioether (sulfide) groups is 1. The molecule has 0 spiro atoms. The van der Waals surface area contributed by atoms with E-state index in [0.29, 0.717) is 17.1 Å². The van der Waals surface area contributed by atoms with Gasteiger partial charge in [0.15, 0.2) is 0 Å². The van der Waals surface area contributed by atoms with Crippen LogP contribution in [0.5, 0.6) is 0 Å². The summed E-state index contributed by atoms with van der Waals surface area (Å²) in [5, 5.41) is 3.57. The summed E-state index contributed by atoms with van der Waals surface area (Å²) in [6.45, 7) is 3.83. The van der Waals surface area contributed by atoms with Gasteiger partial charge in [0.2, 0.25) is 0 Å². The number of nitrogens with zero attached hydrogens (tertiary/aromatic N) is 1. The van der Waals surface area contributed by atoms with E-state index in [2.05, 4.69) is 26.1 Å². The first-order chi connectivity index (χ1) is 9.16. The van der Waals surface area contributed by atoms with Crippen LogP contribution in [0.2, 0.25) is 5.02 Å². The Bertz CT molecular complexity index is 452. The minimum atomic E-state index is -0.0603. The van der Waals surface area contributed by atoms with E-state index in [9.17, 15) is 4.79 Å². The first-order valence-electron chi connectivity index (χ1n) is 6.20. The quantitative estimate of drug-likeness (QED) is 0.893. The lowest BCUT2D eigenvalue weighted by molar-refractivity contribution is 0.0948. The van der Waals surface area contributed by atoms with Crippen LogP contribution < -0.4 is 5.32 Å². The van der Waals surface area contributed by atoms with Crippen LogP contribution in [0, 0.1) is 0 Å². The highest BCUT2D eigenvalue weighted by molar-refractivity contribution is 9.10. The molecule has 1 aromatic rings. The largest absolute Gasteiger partial charge is 0.351 e. The molecule has 1 saturated heterocycles. The number of hydrogen-bond donors (Lipinski definition) is 1. The molecule has 1 aromatic carbocycles. The molecule has 104 valence electrons. The molecule has 1 amide bonds. The zero-order valence-electron chi connectivity index (χ0n) is 10.5. The Hall–Kier alpha value is -0.230. The van der Waals surface area contributed by atoms with Crippen LogP contribution >= 0.6 is 39.3 Å². The third-order valence-corrected chi connectivity index (χ3v) is 4.83. The Morgan fingerprint density at radius 1 is 1.42 bits per heavy atom. The molecule has 0 saturated carbocycles. The van der Waals surface area contributed by atoms with Gasteiger partial charge in [-0.2, -0.15) is 11.8 Å². The number of amides is 1. The van der Waals surface area contributed by atoms with Gasteiger partial charge < -0.3 is 5.32 Å². The normalized spacial score (nSPS) is 16.3. The monoisotopic (exact) mass is 362 g/mol. The molecule has 0 bridgehead atoms. The summed E-state index contributed by atoms with van der Waals surface area (Å²) in [7, 11) is 0. The number of rotatable bonds is 4. The van der Waals surface area contributed by atoms with Crippen LogP contribution in [0.15, 0.2) is 22.7 Å². The van der Waals surface area contributed by atoms with Crippen molar-refractivity contribution >= 4 is 45.2 Å². The molecule has 0 radical (unpaired) electrons. The lowest BCUT2D eigenvalue weighted by Crippen LogP contribution is -2.39. The van der Waals surface area contributed by atoms with E-state index in [1.54, 1.807) is 18.2 Å². The van der Waals surface area contributed by atoms with Gasteiger partial charge in [0.1, 0.15) is 0 Å². The average molecular weight is 364 g/mol. The Kier molecular flexibility index (Phi) is 6.01. The van der Waals surface area contributed by atoms with Gasteiger partial charge in [-0.05, 0) is 34.1 Å². The number of carbonyl (C=O) groups is 1. The Balaban J connectivity index is 1.80. The molecular formula is C13H16BrClN2OS. The predicted octanol–water partition coefficient (Wildman–Crippen LogP) is 2.88. The second kappa shape index (κ2) is 7.53. The maximum absolute atomic E-state index is 12.0. The smallest absolute Gasteiger partial charge is 0.252 e. The molecule has 1 heterocycles. The molecule has 1 aliphatic heterocycles. The zero-order valence-corrected chi connectivity index (χ0v) is 13.7. The number of nitrogens with one attached hydrogen (secondary N) is 1. The van der Waals surface area contributed by atoms with Crippen molar-refractivity contribution in [3.63, 3.8) is 0 Å². The fraction of sp³-hybridized carbons (Fsp3) is 0.462. The molecule has 0 unspecified atom stereocenters. The van der Waals surface area contributed by atoms with E-state index in [0.717, 1.165) is 24.1 Å². The second-order valence-corrected chi connectivity index (χ2v) is 6.85. The van der Waals surface area contributed by atoms with E-state index in [-0.39, 0.29) is 5.91 Å². The first kappa shape index (κ1) is 15.2. The van der Waals surface area contributed by atoms with Crippen molar-refractivity contribution in [3.05, 3.63) is 33.3 Å². The highest BCUT2D eigenvalue weighted by atomic mass is 79.9. The Labute approximate surface area is 131 Å². The summed E-state index contributed by atoms with van der Waals surface area (Å²) in [6.07, 6.45) is 0. The molecule has 0 atom stereocenters. The van der Waals surface area contributed by atoms with Crippen LogP contribution in [0.1, 0.15) is 10.4 Å². The van der Waals surface area contributed by atoms with Gasteiger partial charge in [0, 0.05) is 47.2 Å². The van der Waals surface area contributed by atoms with Gasteiger partial charge in [0.25, 0.3) is 5.91 Å². The number of halogens is 2. The molecule has 0 aromatic heterocycles. The minimum absolute atomic E-state index is 0.0603. The molecule has 1 N–H and O–H groups in total. The molecule has 2 rings (SSSR count). The number of benzene rings is 1. The van der Waals surface area contributed by atoms with Crippen molar-refractivity contribution in [2.45, 2.75) is 0 Å². The van der Waals surface area contributed by atoms with Crippen LogP contribution in [-0.4, -0.2) is 48.5 Å². The topological polar surface area (TPSA) is 32.3 Å². The summed E-state index contributed by atoms with van der Waals surface area (Å²) in [4.78, 5) is 14.4. The highest BCUT2D eigenvalue weighted by Crippen LogP contribution is 2.21. The standard InChI is InChI=1S/C13H16BrClN2OS/c14-12-9-10(15)1-2-11(12)13(18)16-3-4-17-5-7-19-8-6-17/h1-2,9H,3-8H2,(H,16,18). The predicted molar refractivity (Wildman–Crippen MR) is 85.3 cm³/mol. The number of carbonyl (C=O) groups excluding carboxylic acids is 1. The zero-order chi connectivity index (χ0) is 13.7. The van der Waals surface area contributed by atoms with E-state index in [4.69, 9.17) is 11.6 Å². The highest BCUT2D eigenvalue weighted by Gasteiger charge is 2.12. The fourth-order valence-electron chi connectivity index (χ4n) is 1.92. The molecule has 6 heteroatoms. The maximum atomic E-state index is 12.0. The van der Waals surface area contributed by atoms with Gasteiger partial charge in [-0.25, -0.2) is 0 Å². The molecule has 1 aliphatic rings. The van der Waals surface area contributed by atoms with E-state index >= 15 is 0 Å². The third-order valence-electron chi connectivity index (χ3n) is 2.99. The fourth-order valence-corrected chi connectivity index (χ4v) is 3.76. The van der Waals surface area contributed by atoms with Crippen molar-refractivity contribution in [3.8, 4) is 0 Å². The van der Waals surface area contributed by atoms with Crippen LogP contribution in [0.25, 0.3) is 0 Å². The van der Waals surface area contributed by atoms with Crippen molar-refractivity contribution in [1.82, 2.24) is 10.2 Å². The number of hydrogen-bond acceptors (Lipinski definition) is 3. The minimum Gasteiger partial charge on any atom is -0.351 e. The third kappa shape index (κ3) is 4.67. The van der Waals surface area contributed by atoms with E-state index < -0.39 is 0 Å². The summed E-state index contributed by atoms with van der Waals surface area (Å²) in [5.41, 5.74) is 0.624. The van der Waals surface area contributed by atoms with Crippen molar-refractivity contribution < 1.29 is 4.79 Å². The SMILES string of the molecule is O=C(NCCN1CCSCC1)c1ccc(Cl)cc1Br. The maximum Gasteiger partial charge on any atom is 0.252 e. The van der Waals surface area contributed by atoms with Crippen molar-refractivity contribution in [2.75, 3.05) is 37.7 Å². The first-order valence-corrected chi connectivity index (χ1v) is 8.53. The van der Waals surface area contributed by atoms with Gasteiger partial charge in [-0.3, -0.25) is 9.69 Å². The molecule has 3 nitrogen and oxygen atoms in total. The van der Waals surface area contributed by atoms with Crippen LogP contribution in [0.4, 0.5) is 0 Å². The lowest BCUT2D eigenvalue weighted by Gasteiger charge is -2.26. The lowest BCUT2D eigenvalue weighted by atomic mass is 10.2. The average Bonchev–Trinajstić information content (AvgIpc) is 2.39. The molecule has 19 heavy (non-hydrogen) atoms. The van der Waals surface area contributed by atoms with Crippen molar-refractivity contribution in [2.24, 2.45) is 0 Å². The van der Waals surface area contributed by atoms with Crippen molar-refractivity contribution in [1.29, 1.82) is 0 Å². The van der Waals surface area contributed by atoms with Gasteiger partial charge in [0.05, 0.1) is 5.56 Å². The Morgan fingerprint density at radius 3 is 2.84 bits per heavy atom.